The van der Waals surface area contributed by atoms with E-state index in [0.717, 1.165) is 11.8 Å². The summed E-state index contributed by atoms with van der Waals surface area (Å²) in [4.78, 5) is 2.56. The fourth-order valence-corrected chi connectivity index (χ4v) is 11.1. The predicted molar refractivity (Wildman–Crippen MR) is 216 cm³/mol. The summed E-state index contributed by atoms with van der Waals surface area (Å²) in [6.45, 7) is 4.85. The van der Waals surface area contributed by atoms with E-state index >= 15 is 0 Å². The molecule has 0 spiro atoms. The van der Waals surface area contributed by atoms with Crippen molar-refractivity contribution in [2.24, 2.45) is 11.8 Å². The molecule has 0 aliphatic heterocycles. The van der Waals surface area contributed by atoms with Gasteiger partial charge in [0, 0.05) is 22.2 Å². The summed E-state index contributed by atoms with van der Waals surface area (Å²) < 4.78 is 0. The highest BCUT2D eigenvalue weighted by molar-refractivity contribution is 6.01. The monoisotopic (exact) mass is 663 g/mol. The van der Waals surface area contributed by atoms with Crippen molar-refractivity contribution in [1.29, 1.82) is 0 Å². The average Bonchev–Trinajstić information content (AvgIpc) is 3.89. The molecule has 0 saturated heterocycles. The molecule has 1 heteroatoms. The maximum atomic E-state index is 2.56. The lowest BCUT2D eigenvalue weighted by molar-refractivity contribution is 0.422. The van der Waals surface area contributed by atoms with E-state index in [2.05, 4.69) is 146 Å². The molecular formula is C50H49N. The molecule has 4 aliphatic carbocycles. The lowest BCUT2D eigenvalue weighted by atomic mass is 9.78. The standard InChI is InChI=1S/C50H49N/c1-50(2)47-32-39(26-27-43(47)45-19-11-18-40(49(45)50)36-14-7-4-8-15-36)51(38-24-22-35(23-25-38)34-12-5-3-6-13-34)48-29-28-42(41-16-9-10-17-44(41)48)46-31-33-20-21-37(46)30-33/h4,7-11,14-19,22-29,32-34,37,46H,3,5-6,12-13,20-21,30-31H2,1-2H3. The average molecular weight is 664 g/mol. The Morgan fingerprint density at radius 3 is 2.08 bits per heavy atom. The van der Waals surface area contributed by atoms with E-state index in [4.69, 9.17) is 0 Å². The zero-order valence-electron chi connectivity index (χ0n) is 30.2. The van der Waals surface area contributed by atoms with E-state index in [1.807, 2.05) is 0 Å². The quantitative estimate of drug-likeness (QED) is 0.171. The van der Waals surface area contributed by atoms with Gasteiger partial charge in [-0.1, -0.05) is 137 Å². The first-order valence-corrected chi connectivity index (χ1v) is 19.8. The van der Waals surface area contributed by atoms with Crippen LogP contribution in [0.5, 0.6) is 0 Å². The fraction of sp³-hybridized carbons (Fsp3) is 0.320. The van der Waals surface area contributed by atoms with Gasteiger partial charge in [0.1, 0.15) is 0 Å². The molecule has 4 aliphatic rings. The Labute approximate surface area is 304 Å². The van der Waals surface area contributed by atoms with Gasteiger partial charge >= 0.3 is 0 Å². The first-order chi connectivity index (χ1) is 25.0. The number of benzene rings is 6. The molecule has 10 rings (SSSR count). The highest BCUT2D eigenvalue weighted by Crippen LogP contribution is 2.56. The van der Waals surface area contributed by atoms with Crippen LogP contribution < -0.4 is 4.90 Å². The normalized spacial score (nSPS) is 21.9. The smallest absolute Gasteiger partial charge is 0.0540 e. The van der Waals surface area contributed by atoms with Gasteiger partial charge in [0.2, 0.25) is 0 Å². The Balaban J connectivity index is 1.12. The molecule has 6 aromatic carbocycles. The second-order valence-electron chi connectivity index (χ2n) is 16.7. The van der Waals surface area contributed by atoms with Crippen LogP contribution in [0.15, 0.2) is 127 Å². The Kier molecular flexibility index (Phi) is 7.49. The second-order valence-corrected chi connectivity index (χ2v) is 16.7. The topological polar surface area (TPSA) is 3.24 Å². The molecular weight excluding hydrogens is 615 g/mol. The maximum absolute atomic E-state index is 2.56. The third-order valence-electron chi connectivity index (χ3n) is 13.5. The third kappa shape index (κ3) is 5.10. The van der Waals surface area contributed by atoms with Crippen LogP contribution in [0.1, 0.15) is 106 Å². The Morgan fingerprint density at radius 1 is 0.569 bits per heavy atom. The molecule has 0 amide bonds. The minimum atomic E-state index is -0.142. The Morgan fingerprint density at radius 2 is 1.31 bits per heavy atom. The first kappa shape index (κ1) is 31.1. The van der Waals surface area contributed by atoms with Crippen molar-refractivity contribution in [3.8, 4) is 22.3 Å². The number of hydrogen-bond acceptors (Lipinski definition) is 1. The van der Waals surface area contributed by atoms with E-state index < -0.39 is 0 Å². The van der Waals surface area contributed by atoms with Gasteiger partial charge in [-0.05, 0) is 136 Å². The number of fused-ring (bicyclic) bond motifs is 6. The first-order valence-electron chi connectivity index (χ1n) is 19.8. The van der Waals surface area contributed by atoms with E-state index in [1.165, 1.54) is 125 Å². The molecule has 3 saturated carbocycles. The molecule has 254 valence electrons. The third-order valence-corrected chi connectivity index (χ3v) is 13.5. The Hall–Kier alpha value is -4.62. The highest BCUT2D eigenvalue weighted by Gasteiger charge is 2.41. The summed E-state index contributed by atoms with van der Waals surface area (Å²) in [5.41, 5.74) is 14.9. The van der Waals surface area contributed by atoms with Crippen LogP contribution in [0.4, 0.5) is 17.1 Å². The summed E-state index contributed by atoms with van der Waals surface area (Å²) in [6, 6.07) is 49.0. The minimum absolute atomic E-state index is 0.142. The van der Waals surface area contributed by atoms with Crippen molar-refractivity contribution in [3.05, 3.63) is 150 Å². The number of hydrogen-bond donors (Lipinski definition) is 0. The molecule has 0 aromatic heterocycles. The van der Waals surface area contributed by atoms with E-state index in [0.29, 0.717) is 11.8 Å². The molecule has 2 bridgehead atoms. The van der Waals surface area contributed by atoms with Crippen LogP contribution in [0.25, 0.3) is 33.0 Å². The molecule has 3 fully saturated rings. The molecule has 6 aromatic rings. The molecule has 51 heavy (non-hydrogen) atoms. The van der Waals surface area contributed by atoms with Gasteiger partial charge < -0.3 is 4.90 Å². The molecule has 0 heterocycles. The van der Waals surface area contributed by atoms with Gasteiger partial charge in [-0.25, -0.2) is 0 Å². The minimum Gasteiger partial charge on any atom is -0.310 e. The summed E-state index contributed by atoms with van der Waals surface area (Å²) in [6.07, 6.45) is 12.4. The van der Waals surface area contributed by atoms with Crippen molar-refractivity contribution < 1.29 is 0 Å². The van der Waals surface area contributed by atoms with Crippen LogP contribution in [0.3, 0.4) is 0 Å². The van der Waals surface area contributed by atoms with Crippen LogP contribution in [-0.4, -0.2) is 0 Å². The van der Waals surface area contributed by atoms with Gasteiger partial charge in [0.25, 0.3) is 0 Å². The van der Waals surface area contributed by atoms with Crippen molar-refractivity contribution in [2.75, 3.05) is 4.90 Å². The van der Waals surface area contributed by atoms with Crippen LogP contribution in [-0.2, 0) is 5.41 Å². The summed E-state index contributed by atoms with van der Waals surface area (Å²) >= 11 is 0. The predicted octanol–water partition coefficient (Wildman–Crippen LogP) is 14.2. The van der Waals surface area contributed by atoms with Gasteiger partial charge in [-0.3, -0.25) is 0 Å². The maximum Gasteiger partial charge on any atom is 0.0540 e. The van der Waals surface area contributed by atoms with Crippen LogP contribution in [0.2, 0.25) is 0 Å². The van der Waals surface area contributed by atoms with Gasteiger partial charge in [0.05, 0.1) is 5.69 Å². The van der Waals surface area contributed by atoms with Gasteiger partial charge in [-0.2, -0.15) is 0 Å². The summed E-state index contributed by atoms with van der Waals surface area (Å²) in [5, 5.41) is 2.81. The molecule has 0 N–H and O–H groups in total. The lowest BCUT2D eigenvalue weighted by Gasteiger charge is -2.31. The van der Waals surface area contributed by atoms with Crippen molar-refractivity contribution >= 4 is 27.8 Å². The zero-order chi connectivity index (χ0) is 34.1. The fourth-order valence-electron chi connectivity index (χ4n) is 11.1. The largest absolute Gasteiger partial charge is 0.310 e. The SMILES string of the molecule is CC1(C)c2cc(N(c3ccc(C4CCCCC4)cc3)c3ccc(C4CC5CCC4C5)c4ccccc34)ccc2-c2cccc(-c3ccccc3)c21. The van der Waals surface area contributed by atoms with Crippen molar-refractivity contribution in [1.82, 2.24) is 0 Å². The number of anilines is 3. The van der Waals surface area contributed by atoms with Crippen molar-refractivity contribution in [3.63, 3.8) is 0 Å². The number of nitrogens with zero attached hydrogens (tertiary/aromatic N) is 1. The van der Waals surface area contributed by atoms with E-state index in [9.17, 15) is 0 Å². The molecule has 0 radical (unpaired) electrons. The van der Waals surface area contributed by atoms with E-state index in [1.54, 1.807) is 5.56 Å². The summed E-state index contributed by atoms with van der Waals surface area (Å²) in [5.74, 6) is 3.18. The van der Waals surface area contributed by atoms with E-state index in [-0.39, 0.29) is 5.41 Å². The van der Waals surface area contributed by atoms with Crippen molar-refractivity contribution in [2.45, 2.75) is 88.9 Å². The molecule has 3 unspecified atom stereocenters. The Bertz CT molecular complexity index is 2240. The van der Waals surface area contributed by atoms with Crippen LogP contribution in [0, 0.1) is 11.8 Å². The van der Waals surface area contributed by atoms with Crippen LogP contribution >= 0.6 is 0 Å². The second kappa shape index (κ2) is 12.3. The van der Waals surface area contributed by atoms with Gasteiger partial charge in [-0.15, -0.1) is 0 Å². The van der Waals surface area contributed by atoms with Gasteiger partial charge in [0.15, 0.2) is 0 Å². The zero-order valence-corrected chi connectivity index (χ0v) is 30.2. The lowest BCUT2D eigenvalue weighted by Crippen LogP contribution is -2.18. The summed E-state index contributed by atoms with van der Waals surface area (Å²) in [7, 11) is 0. The highest BCUT2D eigenvalue weighted by atomic mass is 15.1. The molecule has 1 nitrogen and oxygen atoms in total. The number of rotatable bonds is 6. The molecule has 3 atom stereocenters.